The molecule has 1 aromatic rings. The van der Waals surface area contributed by atoms with E-state index < -0.39 is 0 Å². The molecular formula is C13H19Cl2NO. The fourth-order valence-electron chi connectivity index (χ4n) is 2.14. The molecular weight excluding hydrogens is 257 g/mol. The Morgan fingerprint density at radius 2 is 2.06 bits per heavy atom. The van der Waals surface area contributed by atoms with Crippen molar-refractivity contribution in [2.75, 3.05) is 0 Å². The van der Waals surface area contributed by atoms with Crippen LogP contribution in [0.15, 0.2) is 18.3 Å². The van der Waals surface area contributed by atoms with Crippen LogP contribution in [-0.2, 0) is 5.88 Å². The van der Waals surface area contributed by atoms with E-state index in [2.05, 4.69) is 11.9 Å². The number of hydrogen-bond acceptors (Lipinski definition) is 2. The highest BCUT2D eigenvalue weighted by Crippen LogP contribution is 2.27. The molecule has 1 heterocycles. The van der Waals surface area contributed by atoms with Crippen LogP contribution in [0, 0.1) is 5.92 Å². The first-order valence-electron chi connectivity index (χ1n) is 5.95. The molecule has 0 bridgehead atoms. The molecule has 1 aliphatic rings. The van der Waals surface area contributed by atoms with Crippen LogP contribution in [0.4, 0.5) is 0 Å². The third kappa shape index (κ3) is 4.36. The molecule has 0 amide bonds. The fraction of sp³-hybridized carbons (Fsp3) is 0.615. The first-order valence-corrected chi connectivity index (χ1v) is 6.49. The number of hydrogen-bond donors (Lipinski definition) is 0. The maximum absolute atomic E-state index is 5.95. The Hall–Kier alpha value is -0.470. The van der Waals surface area contributed by atoms with Crippen LogP contribution < -0.4 is 4.74 Å². The van der Waals surface area contributed by atoms with Gasteiger partial charge in [0.2, 0.25) is 0 Å². The van der Waals surface area contributed by atoms with Crippen molar-refractivity contribution in [3.8, 4) is 5.75 Å². The van der Waals surface area contributed by atoms with Gasteiger partial charge in [-0.25, -0.2) is 0 Å². The van der Waals surface area contributed by atoms with E-state index in [0.29, 0.717) is 12.0 Å². The molecule has 1 aromatic heterocycles. The van der Waals surface area contributed by atoms with Crippen molar-refractivity contribution in [1.29, 1.82) is 0 Å². The molecule has 96 valence electrons. The largest absolute Gasteiger partial charge is 0.490 e. The summed E-state index contributed by atoms with van der Waals surface area (Å²) >= 11 is 5.74. The topological polar surface area (TPSA) is 22.1 Å². The molecule has 0 aromatic carbocycles. The fourth-order valence-corrected chi connectivity index (χ4v) is 2.29. The van der Waals surface area contributed by atoms with Gasteiger partial charge < -0.3 is 4.74 Å². The summed E-state index contributed by atoms with van der Waals surface area (Å²) in [5, 5.41) is 0. The van der Waals surface area contributed by atoms with Crippen LogP contribution >= 0.6 is 24.0 Å². The van der Waals surface area contributed by atoms with Gasteiger partial charge in [0.15, 0.2) is 0 Å². The molecule has 0 atom stereocenters. The Morgan fingerprint density at radius 3 is 2.71 bits per heavy atom. The second-order valence-electron chi connectivity index (χ2n) is 4.62. The number of rotatable bonds is 3. The lowest BCUT2D eigenvalue weighted by molar-refractivity contribution is 0.135. The van der Waals surface area contributed by atoms with Crippen LogP contribution in [0.3, 0.4) is 0 Å². The maximum Gasteiger partial charge on any atom is 0.123 e. The van der Waals surface area contributed by atoms with E-state index in [1.807, 2.05) is 12.1 Å². The van der Waals surface area contributed by atoms with Gasteiger partial charge in [0, 0.05) is 12.3 Å². The van der Waals surface area contributed by atoms with Gasteiger partial charge in [-0.2, -0.15) is 0 Å². The van der Waals surface area contributed by atoms with E-state index in [1.54, 1.807) is 6.20 Å². The second-order valence-corrected chi connectivity index (χ2v) is 4.88. The summed E-state index contributed by atoms with van der Waals surface area (Å²) in [6.07, 6.45) is 7.02. The number of alkyl halides is 1. The van der Waals surface area contributed by atoms with Gasteiger partial charge in [-0.1, -0.05) is 6.92 Å². The third-order valence-electron chi connectivity index (χ3n) is 3.19. The molecule has 0 spiro atoms. The summed E-state index contributed by atoms with van der Waals surface area (Å²) in [7, 11) is 0. The Balaban J connectivity index is 0.00000144. The Kier molecular flexibility index (Phi) is 6.07. The average Bonchev–Trinajstić information content (AvgIpc) is 2.32. The molecule has 0 N–H and O–H groups in total. The molecule has 17 heavy (non-hydrogen) atoms. The summed E-state index contributed by atoms with van der Waals surface area (Å²) in [5.74, 6) is 2.21. The van der Waals surface area contributed by atoms with E-state index in [-0.39, 0.29) is 12.4 Å². The number of ether oxygens (including phenoxy) is 1. The first-order chi connectivity index (χ1) is 7.78. The number of halogens is 2. The van der Waals surface area contributed by atoms with E-state index in [0.717, 1.165) is 17.4 Å². The zero-order chi connectivity index (χ0) is 11.4. The van der Waals surface area contributed by atoms with Gasteiger partial charge in [-0.3, -0.25) is 4.98 Å². The van der Waals surface area contributed by atoms with Crippen molar-refractivity contribution >= 4 is 24.0 Å². The predicted octanol–water partition coefficient (Wildman–Crippen LogP) is 4.20. The van der Waals surface area contributed by atoms with E-state index in [9.17, 15) is 0 Å². The molecule has 2 nitrogen and oxygen atoms in total. The van der Waals surface area contributed by atoms with E-state index in [1.165, 1.54) is 25.7 Å². The van der Waals surface area contributed by atoms with E-state index >= 15 is 0 Å². The normalized spacial score (nSPS) is 23.9. The average molecular weight is 276 g/mol. The van der Waals surface area contributed by atoms with Crippen molar-refractivity contribution in [2.24, 2.45) is 5.92 Å². The minimum atomic E-state index is 0. The van der Waals surface area contributed by atoms with Gasteiger partial charge in [0.05, 0.1) is 17.7 Å². The van der Waals surface area contributed by atoms with Gasteiger partial charge in [-0.15, -0.1) is 24.0 Å². The SMILES string of the molecule is CC1CCC(Oc2ccnc(CCl)c2)CC1.Cl. The van der Waals surface area contributed by atoms with Gasteiger partial charge >= 0.3 is 0 Å². The zero-order valence-electron chi connectivity index (χ0n) is 10.1. The molecule has 1 fully saturated rings. The molecule has 4 heteroatoms. The number of nitrogens with zero attached hydrogens (tertiary/aromatic N) is 1. The lowest BCUT2D eigenvalue weighted by atomic mass is 9.89. The van der Waals surface area contributed by atoms with Crippen LogP contribution in [0.1, 0.15) is 38.3 Å². The summed E-state index contributed by atoms with van der Waals surface area (Å²) in [6, 6.07) is 3.85. The molecule has 1 aliphatic carbocycles. The minimum absolute atomic E-state index is 0. The lowest BCUT2D eigenvalue weighted by Crippen LogP contribution is -2.23. The summed E-state index contributed by atoms with van der Waals surface area (Å²) in [6.45, 7) is 2.31. The number of aromatic nitrogens is 1. The monoisotopic (exact) mass is 275 g/mol. The Bertz CT molecular complexity index is 338. The maximum atomic E-state index is 5.95. The lowest BCUT2D eigenvalue weighted by Gasteiger charge is -2.26. The highest BCUT2D eigenvalue weighted by Gasteiger charge is 2.19. The smallest absolute Gasteiger partial charge is 0.123 e. The second kappa shape index (κ2) is 7.07. The molecule has 2 rings (SSSR count). The summed E-state index contributed by atoms with van der Waals surface area (Å²) in [4.78, 5) is 4.15. The third-order valence-corrected chi connectivity index (χ3v) is 3.46. The van der Waals surface area contributed by atoms with Crippen LogP contribution in [0.2, 0.25) is 0 Å². The van der Waals surface area contributed by atoms with Gasteiger partial charge in [0.1, 0.15) is 5.75 Å². The summed E-state index contributed by atoms with van der Waals surface area (Å²) < 4.78 is 5.95. The van der Waals surface area contributed by atoms with E-state index in [4.69, 9.17) is 16.3 Å². The highest BCUT2D eigenvalue weighted by molar-refractivity contribution is 6.16. The Labute approximate surface area is 114 Å². The molecule has 0 radical (unpaired) electrons. The van der Waals surface area contributed by atoms with Crippen molar-refractivity contribution in [1.82, 2.24) is 4.98 Å². The van der Waals surface area contributed by atoms with Gasteiger partial charge in [0.25, 0.3) is 0 Å². The van der Waals surface area contributed by atoms with Gasteiger partial charge in [-0.05, 0) is 37.7 Å². The van der Waals surface area contributed by atoms with Crippen LogP contribution in [0.25, 0.3) is 0 Å². The van der Waals surface area contributed by atoms with Crippen molar-refractivity contribution in [2.45, 2.75) is 44.6 Å². The summed E-state index contributed by atoms with van der Waals surface area (Å²) in [5.41, 5.74) is 0.878. The van der Waals surface area contributed by atoms with Crippen molar-refractivity contribution in [3.05, 3.63) is 24.0 Å². The van der Waals surface area contributed by atoms with Crippen molar-refractivity contribution in [3.63, 3.8) is 0 Å². The highest BCUT2D eigenvalue weighted by atomic mass is 35.5. The first kappa shape index (κ1) is 14.6. The van der Waals surface area contributed by atoms with Crippen LogP contribution in [-0.4, -0.2) is 11.1 Å². The standard InChI is InChI=1S/C13H18ClNO.ClH/c1-10-2-4-12(5-3-10)16-13-6-7-15-11(8-13)9-14;/h6-8,10,12H,2-5,9H2,1H3;1H. The zero-order valence-corrected chi connectivity index (χ0v) is 11.6. The molecule has 0 aliphatic heterocycles. The minimum Gasteiger partial charge on any atom is -0.490 e. The molecule has 0 unspecified atom stereocenters. The number of pyridine rings is 1. The predicted molar refractivity (Wildman–Crippen MR) is 73.1 cm³/mol. The molecule has 0 saturated heterocycles. The Morgan fingerprint density at radius 1 is 1.35 bits per heavy atom. The molecule has 1 saturated carbocycles. The quantitative estimate of drug-likeness (QED) is 0.772. The van der Waals surface area contributed by atoms with Crippen molar-refractivity contribution < 1.29 is 4.74 Å². The van der Waals surface area contributed by atoms with Crippen LogP contribution in [0.5, 0.6) is 5.75 Å².